The summed E-state index contributed by atoms with van der Waals surface area (Å²) in [6.45, 7) is 7.24. The van der Waals surface area contributed by atoms with Crippen LogP contribution >= 0.6 is 11.3 Å². The summed E-state index contributed by atoms with van der Waals surface area (Å²) in [6.07, 6.45) is 3.02. The monoisotopic (exact) mass is 290 g/mol. The predicted octanol–water partition coefficient (Wildman–Crippen LogP) is 4.37. The van der Waals surface area contributed by atoms with Crippen molar-refractivity contribution in [1.82, 2.24) is 4.98 Å². The Morgan fingerprint density at radius 3 is 2.60 bits per heavy atom. The minimum absolute atomic E-state index is 0.622. The number of thiazole rings is 1. The van der Waals surface area contributed by atoms with E-state index >= 15 is 0 Å². The van der Waals surface area contributed by atoms with Crippen molar-refractivity contribution >= 4 is 11.3 Å². The molecule has 0 bridgehead atoms. The topological polar surface area (TPSA) is 31.4 Å². The van der Waals surface area contributed by atoms with Crippen LogP contribution in [0.5, 0.6) is 11.5 Å². The molecule has 0 aliphatic carbocycles. The Morgan fingerprint density at radius 2 is 1.90 bits per heavy atom. The normalized spacial score (nSPS) is 10.6. The van der Waals surface area contributed by atoms with E-state index in [0.717, 1.165) is 34.2 Å². The van der Waals surface area contributed by atoms with Crippen molar-refractivity contribution in [2.75, 3.05) is 13.2 Å². The first-order chi connectivity index (χ1) is 9.78. The summed E-state index contributed by atoms with van der Waals surface area (Å²) in [6, 6.07) is 6.00. The molecule has 0 atom stereocenters. The summed E-state index contributed by atoms with van der Waals surface area (Å²) < 4.78 is 11.2. The number of hydrogen-bond donors (Lipinski definition) is 0. The van der Waals surface area contributed by atoms with Gasteiger partial charge in [0.1, 0.15) is 5.01 Å². The van der Waals surface area contributed by atoms with Gasteiger partial charge in [-0.2, -0.15) is 0 Å². The number of benzene rings is 1. The summed E-state index contributed by atoms with van der Waals surface area (Å²) in [5.41, 5.74) is 2.18. The van der Waals surface area contributed by atoms with E-state index in [-0.39, 0.29) is 0 Å². The van der Waals surface area contributed by atoms with E-state index in [1.165, 1.54) is 0 Å². The lowest BCUT2D eigenvalue weighted by Crippen LogP contribution is -1.98. The van der Waals surface area contributed by atoms with Crippen molar-refractivity contribution in [1.29, 1.82) is 0 Å². The van der Waals surface area contributed by atoms with E-state index in [0.29, 0.717) is 13.2 Å². The fourth-order valence-electron chi connectivity index (χ4n) is 1.93. The summed E-state index contributed by atoms with van der Waals surface area (Å²) in [4.78, 5) is 4.64. The molecule has 3 nitrogen and oxygen atoms in total. The van der Waals surface area contributed by atoms with Gasteiger partial charge in [-0.05, 0) is 44.9 Å². The van der Waals surface area contributed by atoms with Crippen LogP contribution in [0, 0.1) is 6.42 Å². The molecule has 0 aliphatic heterocycles. The molecule has 0 unspecified atom stereocenters. The maximum atomic E-state index is 5.65. The molecule has 2 aromatic rings. The highest BCUT2D eigenvalue weighted by Crippen LogP contribution is 2.34. The highest BCUT2D eigenvalue weighted by atomic mass is 32.1. The molecule has 0 spiro atoms. The van der Waals surface area contributed by atoms with Gasteiger partial charge in [0, 0.05) is 10.9 Å². The Kier molecular flexibility index (Phi) is 5.41. The van der Waals surface area contributed by atoms with Crippen LogP contribution in [0.3, 0.4) is 0 Å². The third-order valence-electron chi connectivity index (χ3n) is 2.76. The number of aromatic nitrogens is 1. The van der Waals surface area contributed by atoms with Crippen LogP contribution in [-0.4, -0.2) is 18.2 Å². The maximum Gasteiger partial charge on any atom is 0.161 e. The van der Waals surface area contributed by atoms with Crippen LogP contribution in [0.2, 0.25) is 0 Å². The zero-order chi connectivity index (χ0) is 14.4. The number of nitrogens with zero attached hydrogens (tertiary/aromatic N) is 1. The number of rotatable bonds is 7. The van der Waals surface area contributed by atoms with Gasteiger partial charge in [0.05, 0.1) is 18.9 Å². The van der Waals surface area contributed by atoms with Crippen molar-refractivity contribution in [2.24, 2.45) is 0 Å². The third-order valence-corrected chi connectivity index (χ3v) is 3.70. The molecule has 107 valence electrons. The maximum absolute atomic E-state index is 5.65. The molecule has 0 N–H and O–H groups in total. The smallest absolute Gasteiger partial charge is 0.161 e. The van der Waals surface area contributed by atoms with Crippen LogP contribution in [0.25, 0.3) is 10.6 Å². The molecular weight excluding hydrogens is 270 g/mol. The molecule has 1 aromatic heterocycles. The van der Waals surface area contributed by atoms with E-state index in [4.69, 9.17) is 9.47 Å². The summed E-state index contributed by atoms with van der Waals surface area (Å²) >= 11 is 1.66. The Morgan fingerprint density at radius 1 is 1.15 bits per heavy atom. The predicted molar refractivity (Wildman–Crippen MR) is 83.6 cm³/mol. The fraction of sp³-hybridized carbons (Fsp3) is 0.375. The largest absolute Gasteiger partial charge is 0.490 e. The lowest BCUT2D eigenvalue weighted by atomic mass is 10.2. The average Bonchev–Trinajstić information content (AvgIpc) is 2.90. The zero-order valence-corrected chi connectivity index (χ0v) is 13.0. The molecule has 20 heavy (non-hydrogen) atoms. The van der Waals surface area contributed by atoms with Gasteiger partial charge in [-0.1, -0.05) is 6.92 Å². The molecular formula is C16H20NO2S. The average molecular weight is 290 g/mol. The minimum atomic E-state index is 0.622. The van der Waals surface area contributed by atoms with Gasteiger partial charge in [-0.25, -0.2) is 4.98 Å². The molecule has 0 amide bonds. The second kappa shape index (κ2) is 7.29. The van der Waals surface area contributed by atoms with E-state index in [9.17, 15) is 0 Å². The Labute approximate surface area is 124 Å². The molecule has 0 saturated heterocycles. The van der Waals surface area contributed by atoms with Gasteiger partial charge in [0.2, 0.25) is 0 Å². The molecule has 0 aliphatic rings. The van der Waals surface area contributed by atoms with Crippen molar-refractivity contribution in [3.8, 4) is 22.1 Å². The minimum Gasteiger partial charge on any atom is -0.490 e. The fourth-order valence-corrected chi connectivity index (χ4v) is 2.76. The van der Waals surface area contributed by atoms with Crippen molar-refractivity contribution in [3.05, 3.63) is 35.7 Å². The zero-order valence-electron chi connectivity index (χ0n) is 12.2. The van der Waals surface area contributed by atoms with Crippen LogP contribution < -0.4 is 9.47 Å². The van der Waals surface area contributed by atoms with Gasteiger partial charge in [0.25, 0.3) is 0 Å². The first kappa shape index (κ1) is 14.9. The first-order valence-corrected chi connectivity index (χ1v) is 7.78. The molecule has 0 fully saturated rings. The Bertz CT molecular complexity index is 551. The number of ether oxygens (including phenoxy) is 2. The first-order valence-electron chi connectivity index (χ1n) is 6.90. The molecule has 1 radical (unpaired) electrons. The van der Waals surface area contributed by atoms with Crippen molar-refractivity contribution in [2.45, 2.75) is 27.2 Å². The van der Waals surface area contributed by atoms with Gasteiger partial charge in [0.15, 0.2) is 11.5 Å². The molecule has 0 saturated carbocycles. The van der Waals surface area contributed by atoms with E-state index in [1.807, 2.05) is 39.0 Å². The summed E-state index contributed by atoms with van der Waals surface area (Å²) in [5, 5.41) is 3.12. The second-order valence-corrected chi connectivity index (χ2v) is 5.14. The highest BCUT2D eigenvalue weighted by molar-refractivity contribution is 7.13. The van der Waals surface area contributed by atoms with Crippen molar-refractivity contribution < 1.29 is 9.47 Å². The molecule has 1 heterocycles. The molecule has 1 aromatic carbocycles. The lowest BCUT2D eigenvalue weighted by Gasteiger charge is -2.11. The SMILES string of the molecule is C[CH]Cc1csc(-c2ccc(OCC)c(OCC)c2)n1. The van der Waals surface area contributed by atoms with E-state index in [2.05, 4.69) is 16.8 Å². The Balaban J connectivity index is 2.28. The number of hydrogen-bond acceptors (Lipinski definition) is 4. The van der Waals surface area contributed by atoms with Gasteiger partial charge < -0.3 is 9.47 Å². The van der Waals surface area contributed by atoms with Crippen LogP contribution in [0.15, 0.2) is 23.6 Å². The van der Waals surface area contributed by atoms with Gasteiger partial charge >= 0.3 is 0 Å². The van der Waals surface area contributed by atoms with E-state index in [1.54, 1.807) is 11.3 Å². The van der Waals surface area contributed by atoms with E-state index < -0.39 is 0 Å². The second-order valence-electron chi connectivity index (χ2n) is 4.28. The quantitative estimate of drug-likeness (QED) is 0.758. The third kappa shape index (κ3) is 3.51. The van der Waals surface area contributed by atoms with Crippen LogP contribution in [0.4, 0.5) is 0 Å². The lowest BCUT2D eigenvalue weighted by molar-refractivity contribution is 0.288. The summed E-state index contributed by atoms with van der Waals surface area (Å²) in [5.74, 6) is 1.57. The molecule has 2 rings (SSSR count). The highest BCUT2D eigenvalue weighted by Gasteiger charge is 2.10. The van der Waals surface area contributed by atoms with Crippen LogP contribution in [0.1, 0.15) is 26.5 Å². The van der Waals surface area contributed by atoms with Gasteiger partial charge in [-0.3, -0.25) is 0 Å². The Hall–Kier alpha value is -1.55. The molecule has 4 heteroatoms. The standard InChI is InChI=1S/C16H20NO2S/c1-4-7-13-11-20-16(17-13)12-8-9-14(18-5-2)15(10-12)19-6-3/h4,8-11H,5-7H2,1-3H3. The van der Waals surface area contributed by atoms with Gasteiger partial charge in [-0.15, -0.1) is 11.3 Å². The van der Waals surface area contributed by atoms with Crippen LogP contribution in [-0.2, 0) is 6.42 Å². The van der Waals surface area contributed by atoms with Crippen molar-refractivity contribution in [3.63, 3.8) is 0 Å². The summed E-state index contributed by atoms with van der Waals surface area (Å²) in [7, 11) is 0.